The number of nitrogens with zero attached hydrogens (tertiary/aromatic N) is 3. The van der Waals surface area contributed by atoms with Gasteiger partial charge in [-0.3, -0.25) is 19.5 Å². The van der Waals surface area contributed by atoms with Crippen molar-refractivity contribution in [2.75, 3.05) is 38.4 Å². The number of carboxylic acid groups (broad SMARTS) is 1. The van der Waals surface area contributed by atoms with Crippen molar-refractivity contribution in [3.05, 3.63) is 54.4 Å². The van der Waals surface area contributed by atoms with Gasteiger partial charge in [0.25, 0.3) is 0 Å². The highest BCUT2D eigenvalue weighted by molar-refractivity contribution is 5.94. The van der Waals surface area contributed by atoms with Gasteiger partial charge in [-0.15, -0.1) is 0 Å². The van der Waals surface area contributed by atoms with E-state index in [0.29, 0.717) is 36.8 Å². The van der Waals surface area contributed by atoms with Crippen molar-refractivity contribution in [3.8, 4) is 17.2 Å². The lowest BCUT2D eigenvalue weighted by molar-refractivity contribution is -0.143. The predicted octanol–water partition coefficient (Wildman–Crippen LogP) is 5.11. The molecule has 3 atom stereocenters. The molecule has 0 unspecified atom stereocenters. The molecule has 0 radical (unpaired) electrons. The number of carbonyl (C=O) groups is 2. The summed E-state index contributed by atoms with van der Waals surface area (Å²) in [5.41, 5.74) is 1.28. The number of pyridine rings is 1. The number of anilines is 1. The first-order valence-electron chi connectivity index (χ1n) is 14.0. The maximum absolute atomic E-state index is 13.9. The average molecular weight is 552 g/mol. The molecule has 216 valence electrons. The third kappa shape index (κ3) is 6.41. The van der Waals surface area contributed by atoms with E-state index in [2.05, 4.69) is 36.7 Å². The smallest absolute Gasteiger partial charge is 0.308 e. The van der Waals surface area contributed by atoms with Crippen LogP contribution in [0, 0.1) is 11.3 Å². The number of rotatable bonds is 12. The SMILES string of the molecule is C/C=C/C(C)(C)C[C@H]1[C@H](C(=O)O)[C@@H](c2cc(OC)c3c(c2)OCO3)CN1CC(=O)N(CCCC)c1cccnc1. The van der Waals surface area contributed by atoms with E-state index in [1.165, 1.54) is 0 Å². The highest BCUT2D eigenvalue weighted by Gasteiger charge is 2.49. The lowest BCUT2D eigenvalue weighted by Gasteiger charge is -2.34. The Bertz CT molecular complexity index is 1220. The molecule has 1 aromatic carbocycles. The summed E-state index contributed by atoms with van der Waals surface area (Å²) < 4.78 is 16.8. The van der Waals surface area contributed by atoms with Gasteiger partial charge in [0.15, 0.2) is 11.5 Å². The number of allylic oxidation sites excluding steroid dienone is 2. The number of unbranched alkanes of at least 4 members (excludes halogenated alkanes) is 1. The fourth-order valence-electron chi connectivity index (χ4n) is 5.99. The third-order valence-electron chi connectivity index (χ3n) is 7.83. The minimum Gasteiger partial charge on any atom is -0.493 e. The van der Waals surface area contributed by atoms with E-state index in [4.69, 9.17) is 14.2 Å². The maximum atomic E-state index is 13.9. The van der Waals surface area contributed by atoms with Gasteiger partial charge in [-0.2, -0.15) is 0 Å². The zero-order valence-corrected chi connectivity index (χ0v) is 24.1. The Morgan fingerprint density at radius 3 is 2.75 bits per heavy atom. The molecule has 4 rings (SSSR count). The molecule has 1 saturated heterocycles. The van der Waals surface area contributed by atoms with Crippen LogP contribution in [0.1, 0.15) is 58.4 Å². The van der Waals surface area contributed by atoms with Crippen LogP contribution < -0.4 is 19.1 Å². The number of carbonyl (C=O) groups excluding carboxylic acids is 1. The summed E-state index contributed by atoms with van der Waals surface area (Å²) in [4.78, 5) is 34.8. The second kappa shape index (κ2) is 12.7. The van der Waals surface area contributed by atoms with Crippen LogP contribution in [0.5, 0.6) is 17.2 Å². The summed E-state index contributed by atoms with van der Waals surface area (Å²) in [5.74, 6) is -0.473. The summed E-state index contributed by atoms with van der Waals surface area (Å²) in [6.07, 6.45) is 9.88. The molecule has 2 aliphatic heterocycles. The summed E-state index contributed by atoms with van der Waals surface area (Å²) in [6.45, 7) is 9.45. The normalized spacial score (nSPS) is 20.7. The van der Waals surface area contributed by atoms with Crippen molar-refractivity contribution in [1.29, 1.82) is 0 Å². The largest absolute Gasteiger partial charge is 0.493 e. The molecule has 2 aliphatic rings. The first kappa shape index (κ1) is 29.4. The standard InChI is InChI=1S/C31H41N3O6/c1-6-8-13-34(22-10-9-12-32-17-22)27(35)19-33-18-23(21-14-25(38-5)29-26(15-21)39-20-40-29)28(30(36)37)24(33)16-31(3,4)11-7-2/h7,9-12,14-15,17,23-24,28H,6,8,13,16,18-20H2,1-5H3,(H,36,37)/b11-7+/t23-,24+,28-/m1/s1. The Balaban J connectivity index is 1.71. The number of ether oxygens (including phenoxy) is 3. The average Bonchev–Trinajstić information content (AvgIpc) is 3.53. The molecule has 1 N–H and O–H groups in total. The second-order valence-corrected chi connectivity index (χ2v) is 11.2. The lowest BCUT2D eigenvalue weighted by atomic mass is 9.77. The van der Waals surface area contributed by atoms with E-state index in [1.807, 2.05) is 37.3 Å². The first-order chi connectivity index (χ1) is 19.2. The summed E-state index contributed by atoms with van der Waals surface area (Å²) in [6, 6.07) is 7.05. The van der Waals surface area contributed by atoms with Gasteiger partial charge in [0.1, 0.15) is 0 Å². The predicted molar refractivity (Wildman–Crippen MR) is 153 cm³/mol. The number of likely N-dealkylation sites (tertiary alicyclic amines) is 1. The van der Waals surface area contributed by atoms with E-state index in [1.54, 1.807) is 24.4 Å². The lowest BCUT2D eigenvalue weighted by Crippen LogP contribution is -2.45. The molecule has 0 spiro atoms. The Labute approximate surface area is 236 Å². The molecule has 9 nitrogen and oxygen atoms in total. The maximum Gasteiger partial charge on any atom is 0.308 e. The molecule has 40 heavy (non-hydrogen) atoms. The Morgan fingerprint density at radius 2 is 2.10 bits per heavy atom. The van der Waals surface area contributed by atoms with Gasteiger partial charge < -0.3 is 24.2 Å². The summed E-state index contributed by atoms with van der Waals surface area (Å²) >= 11 is 0. The van der Waals surface area contributed by atoms with E-state index in [0.717, 1.165) is 24.1 Å². The molecular weight excluding hydrogens is 510 g/mol. The topological polar surface area (TPSA) is 101 Å². The van der Waals surface area contributed by atoms with Gasteiger partial charge in [0, 0.05) is 31.2 Å². The number of amides is 1. The monoisotopic (exact) mass is 551 g/mol. The van der Waals surface area contributed by atoms with E-state index in [9.17, 15) is 14.7 Å². The van der Waals surface area contributed by atoms with Crippen molar-refractivity contribution in [1.82, 2.24) is 9.88 Å². The molecule has 9 heteroatoms. The first-order valence-corrected chi connectivity index (χ1v) is 14.0. The number of benzene rings is 1. The van der Waals surface area contributed by atoms with Crippen molar-refractivity contribution in [2.45, 2.75) is 58.9 Å². The van der Waals surface area contributed by atoms with Gasteiger partial charge in [0.05, 0.1) is 31.5 Å². The van der Waals surface area contributed by atoms with Crippen LogP contribution in [-0.4, -0.2) is 66.4 Å². The van der Waals surface area contributed by atoms with Gasteiger partial charge in [0.2, 0.25) is 18.4 Å². The van der Waals surface area contributed by atoms with Crippen LogP contribution in [-0.2, 0) is 9.59 Å². The molecule has 0 aliphatic carbocycles. The third-order valence-corrected chi connectivity index (χ3v) is 7.83. The Hall–Kier alpha value is -3.59. The van der Waals surface area contributed by atoms with E-state index in [-0.39, 0.29) is 36.6 Å². The molecule has 1 fully saturated rings. The van der Waals surface area contributed by atoms with Crippen LogP contribution >= 0.6 is 0 Å². The zero-order chi connectivity index (χ0) is 28.9. The minimum atomic E-state index is -0.882. The fraction of sp³-hybridized carbons (Fsp3) is 0.516. The number of aliphatic carboxylic acids is 1. The fourth-order valence-corrected chi connectivity index (χ4v) is 5.99. The Kier molecular flexibility index (Phi) is 9.35. The van der Waals surface area contributed by atoms with Crippen LogP contribution in [0.3, 0.4) is 0 Å². The van der Waals surface area contributed by atoms with Crippen molar-refractivity contribution in [3.63, 3.8) is 0 Å². The van der Waals surface area contributed by atoms with Crippen LogP contribution in [0.25, 0.3) is 0 Å². The van der Waals surface area contributed by atoms with Gasteiger partial charge in [-0.25, -0.2) is 0 Å². The molecule has 0 bridgehead atoms. The quantitative estimate of drug-likeness (QED) is 0.363. The number of methoxy groups -OCH3 is 1. The van der Waals surface area contributed by atoms with E-state index < -0.39 is 11.9 Å². The van der Waals surface area contributed by atoms with Gasteiger partial charge in [-0.1, -0.05) is 39.3 Å². The highest BCUT2D eigenvalue weighted by atomic mass is 16.7. The number of hydrogen-bond donors (Lipinski definition) is 1. The van der Waals surface area contributed by atoms with Crippen LogP contribution in [0.15, 0.2) is 48.8 Å². The summed E-state index contributed by atoms with van der Waals surface area (Å²) in [5, 5.41) is 10.6. The molecule has 3 heterocycles. The molecule has 2 aromatic rings. The second-order valence-electron chi connectivity index (χ2n) is 11.2. The highest BCUT2D eigenvalue weighted by Crippen LogP contribution is 2.48. The van der Waals surface area contributed by atoms with E-state index >= 15 is 0 Å². The zero-order valence-electron chi connectivity index (χ0n) is 24.1. The number of aromatic nitrogens is 1. The molecule has 0 saturated carbocycles. The number of carboxylic acids is 1. The van der Waals surface area contributed by atoms with Gasteiger partial charge in [-0.05, 0) is 55.0 Å². The summed E-state index contributed by atoms with van der Waals surface area (Å²) in [7, 11) is 1.56. The van der Waals surface area contributed by atoms with Gasteiger partial charge >= 0.3 is 5.97 Å². The van der Waals surface area contributed by atoms with Crippen molar-refractivity contribution < 1.29 is 28.9 Å². The molecular formula is C31H41N3O6. The van der Waals surface area contributed by atoms with Crippen molar-refractivity contribution >= 4 is 17.6 Å². The minimum absolute atomic E-state index is 0.0663. The van der Waals surface area contributed by atoms with Crippen LogP contribution in [0.2, 0.25) is 0 Å². The van der Waals surface area contributed by atoms with Crippen LogP contribution in [0.4, 0.5) is 5.69 Å². The number of fused-ring (bicyclic) bond motifs is 1. The number of hydrogen-bond acceptors (Lipinski definition) is 7. The van der Waals surface area contributed by atoms with Crippen molar-refractivity contribution in [2.24, 2.45) is 11.3 Å². The molecule has 1 amide bonds. The Morgan fingerprint density at radius 1 is 1.30 bits per heavy atom. The molecule has 1 aromatic heterocycles.